The number of terminal acetylenes is 1. The molecular formula is C9H10O2. The standard InChI is InChI=1S/C9H10O2/c1-3-4-5-6-7-8-11-9(2)10/h1H,4,7-8H2,2H3. The molecular weight excluding hydrogens is 140 g/mol. The molecule has 0 aliphatic carbocycles. The second kappa shape index (κ2) is 6.71. The molecule has 0 saturated heterocycles. The van der Waals surface area contributed by atoms with Gasteiger partial charge in [0.1, 0.15) is 6.61 Å². The third-order valence-electron chi connectivity index (χ3n) is 0.848. The van der Waals surface area contributed by atoms with Gasteiger partial charge in [0, 0.05) is 13.3 Å². The molecule has 0 aliphatic rings. The van der Waals surface area contributed by atoms with E-state index < -0.39 is 0 Å². The number of carbonyl (C=O) groups is 1. The van der Waals surface area contributed by atoms with Crippen LogP contribution in [0.25, 0.3) is 0 Å². The number of esters is 1. The van der Waals surface area contributed by atoms with Gasteiger partial charge in [-0.1, -0.05) is 17.8 Å². The van der Waals surface area contributed by atoms with Gasteiger partial charge in [0.2, 0.25) is 0 Å². The fourth-order valence-electron chi connectivity index (χ4n) is 0.448. The molecule has 0 fully saturated rings. The van der Waals surface area contributed by atoms with Gasteiger partial charge < -0.3 is 4.74 Å². The van der Waals surface area contributed by atoms with E-state index in [4.69, 9.17) is 6.42 Å². The predicted molar refractivity (Wildman–Crippen MR) is 42.5 cm³/mol. The van der Waals surface area contributed by atoms with Crippen molar-refractivity contribution in [3.8, 4) is 24.2 Å². The van der Waals surface area contributed by atoms with Crippen LogP contribution in [-0.2, 0) is 9.53 Å². The van der Waals surface area contributed by atoms with Gasteiger partial charge in [0.05, 0.1) is 6.42 Å². The molecule has 0 rings (SSSR count). The van der Waals surface area contributed by atoms with Gasteiger partial charge in [-0.3, -0.25) is 4.79 Å². The van der Waals surface area contributed by atoms with E-state index in [-0.39, 0.29) is 5.97 Å². The Morgan fingerprint density at radius 2 is 2.27 bits per heavy atom. The number of hydrogen-bond donors (Lipinski definition) is 0. The second-order valence-corrected chi connectivity index (χ2v) is 1.82. The molecule has 0 atom stereocenters. The second-order valence-electron chi connectivity index (χ2n) is 1.82. The van der Waals surface area contributed by atoms with Gasteiger partial charge in [-0.2, -0.15) is 0 Å². The molecule has 11 heavy (non-hydrogen) atoms. The first-order valence-electron chi connectivity index (χ1n) is 3.30. The van der Waals surface area contributed by atoms with Crippen molar-refractivity contribution in [3.63, 3.8) is 0 Å². The summed E-state index contributed by atoms with van der Waals surface area (Å²) in [7, 11) is 0. The largest absolute Gasteiger partial charge is 0.465 e. The van der Waals surface area contributed by atoms with E-state index in [2.05, 4.69) is 22.5 Å². The minimum absolute atomic E-state index is 0.274. The normalized spacial score (nSPS) is 7.27. The average molecular weight is 150 g/mol. The molecule has 0 radical (unpaired) electrons. The van der Waals surface area contributed by atoms with Crippen LogP contribution in [-0.4, -0.2) is 12.6 Å². The summed E-state index contributed by atoms with van der Waals surface area (Å²) in [6.45, 7) is 1.72. The SMILES string of the molecule is C#CCC#CCCOC(C)=O. The zero-order valence-electron chi connectivity index (χ0n) is 6.52. The van der Waals surface area contributed by atoms with E-state index in [0.717, 1.165) is 0 Å². The molecule has 0 aromatic heterocycles. The van der Waals surface area contributed by atoms with Crippen molar-refractivity contribution >= 4 is 5.97 Å². The molecule has 58 valence electrons. The highest BCUT2D eigenvalue weighted by atomic mass is 16.5. The van der Waals surface area contributed by atoms with Crippen molar-refractivity contribution in [1.29, 1.82) is 0 Å². The van der Waals surface area contributed by atoms with Crippen molar-refractivity contribution in [2.75, 3.05) is 6.61 Å². The van der Waals surface area contributed by atoms with E-state index in [0.29, 0.717) is 19.4 Å². The van der Waals surface area contributed by atoms with Gasteiger partial charge >= 0.3 is 5.97 Å². The van der Waals surface area contributed by atoms with E-state index >= 15 is 0 Å². The molecule has 2 nitrogen and oxygen atoms in total. The molecule has 0 saturated carbocycles. The fraction of sp³-hybridized carbons (Fsp3) is 0.444. The zero-order valence-corrected chi connectivity index (χ0v) is 6.52. The third kappa shape index (κ3) is 8.59. The van der Waals surface area contributed by atoms with E-state index in [1.807, 2.05) is 0 Å². The van der Waals surface area contributed by atoms with Crippen LogP contribution >= 0.6 is 0 Å². The van der Waals surface area contributed by atoms with Gasteiger partial charge in [0.25, 0.3) is 0 Å². The van der Waals surface area contributed by atoms with Crippen molar-refractivity contribution in [2.45, 2.75) is 19.8 Å². The Kier molecular flexibility index (Phi) is 5.85. The Hall–Kier alpha value is -1.41. The summed E-state index contributed by atoms with van der Waals surface area (Å²) in [4.78, 5) is 10.2. The molecule has 0 N–H and O–H groups in total. The maximum atomic E-state index is 10.2. The van der Waals surface area contributed by atoms with Crippen LogP contribution in [0.1, 0.15) is 19.8 Å². The lowest BCUT2D eigenvalue weighted by Gasteiger charge is -1.94. The molecule has 0 unspecified atom stereocenters. The number of ether oxygens (including phenoxy) is 1. The van der Waals surface area contributed by atoms with Gasteiger partial charge in [0.15, 0.2) is 0 Å². The van der Waals surface area contributed by atoms with Crippen LogP contribution in [0.5, 0.6) is 0 Å². The maximum absolute atomic E-state index is 10.2. The van der Waals surface area contributed by atoms with Crippen LogP contribution < -0.4 is 0 Å². The zero-order chi connectivity index (χ0) is 8.53. The first-order chi connectivity index (χ1) is 5.27. The molecule has 0 heterocycles. The Morgan fingerprint density at radius 3 is 2.82 bits per heavy atom. The Bertz CT molecular complexity index is 212. The number of carbonyl (C=O) groups excluding carboxylic acids is 1. The molecule has 0 spiro atoms. The summed E-state index contributed by atoms with van der Waals surface area (Å²) >= 11 is 0. The fourth-order valence-corrected chi connectivity index (χ4v) is 0.448. The lowest BCUT2D eigenvalue weighted by atomic mass is 10.4. The summed E-state index contributed by atoms with van der Waals surface area (Å²) in [5, 5.41) is 0. The van der Waals surface area contributed by atoms with Gasteiger partial charge in [-0.15, -0.1) is 6.42 Å². The highest BCUT2D eigenvalue weighted by Crippen LogP contribution is 1.81. The van der Waals surface area contributed by atoms with Crippen molar-refractivity contribution in [3.05, 3.63) is 0 Å². The summed E-state index contributed by atoms with van der Waals surface area (Å²) < 4.78 is 4.63. The highest BCUT2D eigenvalue weighted by Gasteiger charge is 1.87. The van der Waals surface area contributed by atoms with Gasteiger partial charge in [-0.25, -0.2) is 0 Å². The molecule has 0 aromatic carbocycles. The van der Waals surface area contributed by atoms with E-state index in [9.17, 15) is 4.79 Å². The van der Waals surface area contributed by atoms with E-state index in [1.54, 1.807) is 0 Å². The molecule has 0 amide bonds. The highest BCUT2D eigenvalue weighted by molar-refractivity contribution is 5.65. The molecule has 2 heteroatoms. The number of hydrogen-bond acceptors (Lipinski definition) is 2. The van der Waals surface area contributed by atoms with Crippen LogP contribution in [0.3, 0.4) is 0 Å². The molecule has 0 bridgehead atoms. The average Bonchev–Trinajstić information content (AvgIpc) is 1.96. The molecule has 0 aliphatic heterocycles. The van der Waals surface area contributed by atoms with E-state index in [1.165, 1.54) is 6.92 Å². The Labute approximate surface area is 66.9 Å². The summed E-state index contributed by atoms with van der Waals surface area (Å²) in [5.41, 5.74) is 0. The monoisotopic (exact) mass is 150 g/mol. The minimum Gasteiger partial charge on any atom is -0.465 e. The quantitative estimate of drug-likeness (QED) is 0.333. The molecule has 0 aromatic rings. The van der Waals surface area contributed by atoms with Crippen molar-refractivity contribution in [2.24, 2.45) is 0 Å². The van der Waals surface area contributed by atoms with Gasteiger partial charge in [-0.05, 0) is 0 Å². The van der Waals surface area contributed by atoms with Crippen LogP contribution in [0.2, 0.25) is 0 Å². The lowest BCUT2D eigenvalue weighted by Crippen LogP contribution is -1.98. The maximum Gasteiger partial charge on any atom is 0.302 e. The Balaban J connectivity index is 3.23. The predicted octanol–water partition coefficient (Wildman–Crippen LogP) is 0.966. The smallest absolute Gasteiger partial charge is 0.302 e. The summed E-state index contributed by atoms with van der Waals surface area (Å²) in [5.74, 6) is 7.62. The lowest BCUT2D eigenvalue weighted by molar-refractivity contribution is -0.140. The Morgan fingerprint density at radius 1 is 1.55 bits per heavy atom. The first-order valence-corrected chi connectivity index (χ1v) is 3.30. The first kappa shape index (κ1) is 9.59. The topological polar surface area (TPSA) is 26.3 Å². The summed E-state index contributed by atoms with van der Waals surface area (Å²) in [6, 6.07) is 0. The summed E-state index contributed by atoms with van der Waals surface area (Å²) in [6.07, 6.45) is 5.97. The van der Waals surface area contributed by atoms with Crippen LogP contribution in [0.4, 0.5) is 0 Å². The van der Waals surface area contributed by atoms with Crippen molar-refractivity contribution in [1.82, 2.24) is 0 Å². The van der Waals surface area contributed by atoms with Crippen LogP contribution in [0, 0.1) is 24.2 Å². The number of rotatable bonds is 2. The van der Waals surface area contributed by atoms with Crippen LogP contribution in [0.15, 0.2) is 0 Å². The minimum atomic E-state index is -0.274. The van der Waals surface area contributed by atoms with Crippen molar-refractivity contribution < 1.29 is 9.53 Å². The third-order valence-corrected chi connectivity index (χ3v) is 0.848.